The number of aromatic nitrogens is 1. The van der Waals surface area contributed by atoms with Gasteiger partial charge in [-0.25, -0.2) is 12.8 Å². The van der Waals surface area contributed by atoms with E-state index < -0.39 is 15.7 Å². The maximum atomic E-state index is 13.1. The lowest BCUT2D eigenvalue weighted by atomic mass is 10.2. The second-order valence-corrected chi connectivity index (χ2v) is 8.98. The Morgan fingerprint density at radius 1 is 1.03 bits per heavy atom. The summed E-state index contributed by atoms with van der Waals surface area (Å²) >= 11 is 0. The zero-order chi connectivity index (χ0) is 20.4. The van der Waals surface area contributed by atoms with E-state index in [4.69, 9.17) is 4.74 Å². The molecule has 4 rings (SSSR count). The van der Waals surface area contributed by atoms with Gasteiger partial charge in [-0.2, -0.15) is 0 Å². The monoisotopic (exact) mass is 416 g/mol. The number of hydrogen-bond acceptors (Lipinski definition) is 4. The van der Waals surface area contributed by atoms with E-state index in [0.717, 1.165) is 0 Å². The van der Waals surface area contributed by atoms with E-state index in [1.807, 2.05) is 6.07 Å². The number of morpholine rings is 1. The molecule has 1 aliphatic heterocycles. The summed E-state index contributed by atoms with van der Waals surface area (Å²) in [6, 6.07) is 12.6. The first-order valence-corrected chi connectivity index (χ1v) is 11.0. The van der Waals surface area contributed by atoms with Crippen LogP contribution in [0.2, 0.25) is 0 Å². The van der Waals surface area contributed by atoms with Crippen molar-refractivity contribution < 1.29 is 22.3 Å². The fraction of sp³-hybridized carbons (Fsp3) is 0.286. The fourth-order valence-electron chi connectivity index (χ4n) is 3.53. The van der Waals surface area contributed by atoms with Crippen LogP contribution in [0.1, 0.15) is 5.56 Å². The van der Waals surface area contributed by atoms with Crippen LogP contribution in [0.5, 0.6) is 0 Å². The van der Waals surface area contributed by atoms with Crippen molar-refractivity contribution in [3.8, 4) is 0 Å². The van der Waals surface area contributed by atoms with Gasteiger partial charge in [-0.05, 0) is 23.8 Å². The average molecular weight is 416 g/mol. The van der Waals surface area contributed by atoms with Crippen LogP contribution in [-0.2, 0) is 31.7 Å². The van der Waals surface area contributed by atoms with Crippen molar-refractivity contribution >= 4 is 26.6 Å². The van der Waals surface area contributed by atoms with Crippen molar-refractivity contribution in [2.24, 2.45) is 0 Å². The lowest BCUT2D eigenvalue weighted by Crippen LogP contribution is -2.42. The normalized spacial score (nSPS) is 15.0. The second-order valence-electron chi connectivity index (χ2n) is 7.02. The van der Waals surface area contributed by atoms with Gasteiger partial charge in [-0.1, -0.05) is 30.3 Å². The highest BCUT2D eigenvalue weighted by molar-refractivity contribution is 7.90. The predicted molar refractivity (Wildman–Crippen MR) is 107 cm³/mol. The Kier molecular flexibility index (Phi) is 5.38. The van der Waals surface area contributed by atoms with Crippen molar-refractivity contribution in [2.75, 3.05) is 26.3 Å². The number of sulfone groups is 1. The van der Waals surface area contributed by atoms with Crippen LogP contribution >= 0.6 is 0 Å². The lowest BCUT2D eigenvalue weighted by molar-refractivity contribution is -0.135. The number of benzene rings is 2. The van der Waals surface area contributed by atoms with Crippen molar-refractivity contribution in [3.05, 3.63) is 66.1 Å². The predicted octanol–water partition coefficient (Wildman–Crippen LogP) is 2.61. The summed E-state index contributed by atoms with van der Waals surface area (Å²) in [5.74, 6) is -0.723. The Bertz CT molecular complexity index is 1130. The molecule has 3 aromatic rings. The minimum Gasteiger partial charge on any atom is -0.378 e. The summed E-state index contributed by atoms with van der Waals surface area (Å²) in [4.78, 5) is 14.6. The molecule has 6 nitrogen and oxygen atoms in total. The summed E-state index contributed by atoms with van der Waals surface area (Å²) in [5, 5.41) is 0.574. The molecule has 29 heavy (non-hydrogen) atoms. The minimum atomic E-state index is -3.68. The number of rotatable bonds is 5. The topological polar surface area (TPSA) is 68.6 Å². The van der Waals surface area contributed by atoms with E-state index in [1.54, 1.807) is 27.7 Å². The summed E-state index contributed by atoms with van der Waals surface area (Å²) in [6.07, 6.45) is 1.53. The Labute approximate surface area is 168 Å². The molecule has 8 heteroatoms. The maximum Gasteiger partial charge on any atom is 0.242 e. The second kappa shape index (κ2) is 7.96. The number of carbonyl (C=O) groups excluding carboxylic acids is 1. The molecule has 0 unspecified atom stereocenters. The number of nitrogens with zero attached hydrogens (tertiary/aromatic N) is 2. The molecule has 1 amide bonds. The number of para-hydroxylation sites is 1. The van der Waals surface area contributed by atoms with Gasteiger partial charge in [0, 0.05) is 30.2 Å². The van der Waals surface area contributed by atoms with Crippen LogP contribution in [-0.4, -0.2) is 50.1 Å². The molecule has 0 radical (unpaired) electrons. The first-order valence-electron chi connectivity index (χ1n) is 9.35. The highest BCUT2D eigenvalue weighted by Crippen LogP contribution is 2.28. The average Bonchev–Trinajstić information content (AvgIpc) is 3.10. The van der Waals surface area contributed by atoms with E-state index in [0.29, 0.717) is 42.8 Å². The lowest BCUT2D eigenvalue weighted by Gasteiger charge is -2.27. The number of hydrogen-bond donors (Lipinski definition) is 0. The number of fused-ring (bicyclic) bond motifs is 1. The molecule has 1 aliphatic rings. The molecule has 0 bridgehead atoms. The first kappa shape index (κ1) is 19.6. The zero-order valence-corrected chi connectivity index (χ0v) is 16.6. The summed E-state index contributed by atoms with van der Waals surface area (Å²) in [6.45, 7) is 2.15. The molecule has 2 aromatic carbocycles. The molecule has 0 atom stereocenters. The quantitative estimate of drug-likeness (QED) is 0.641. The smallest absolute Gasteiger partial charge is 0.242 e. The maximum absolute atomic E-state index is 13.1. The first-order chi connectivity index (χ1) is 13.9. The SMILES string of the molecule is O=C(Cn1cc(S(=O)(=O)Cc2ccc(F)cc2)c2ccccc21)N1CCOCC1. The summed E-state index contributed by atoms with van der Waals surface area (Å²) in [7, 11) is -3.68. The van der Waals surface area contributed by atoms with Gasteiger partial charge in [0.05, 0.1) is 23.9 Å². The molecule has 1 saturated heterocycles. The molecule has 0 aliphatic carbocycles. The van der Waals surface area contributed by atoms with Crippen LogP contribution in [0.25, 0.3) is 10.9 Å². The van der Waals surface area contributed by atoms with Crippen LogP contribution in [0.3, 0.4) is 0 Å². The van der Waals surface area contributed by atoms with Gasteiger partial charge in [-0.15, -0.1) is 0 Å². The molecule has 0 spiro atoms. The van der Waals surface area contributed by atoms with Gasteiger partial charge in [0.15, 0.2) is 9.84 Å². The van der Waals surface area contributed by atoms with Crippen molar-refractivity contribution in [2.45, 2.75) is 17.2 Å². The van der Waals surface area contributed by atoms with E-state index in [2.05, 4.69) is 0 Å². The Hall–Kier alpha value is -2.71. The molecule has 2 heterocycles. The Morgan fingerprint density at radius 2 is 1.72 bits per heavy atom. The minimum absolute atomic E-state index is 0.0621. The highest BCUT2D eigenvalue weighted by atomic mass is 32.2. The fourth-order valence-corrected chi connectivity index (χ4v) is 5.11. The molecule has 152 valence electrons. The van der Waals surface area contributed by atoms with Gasteiger partial charge in [-0.3, -0.25) is 4.79 Å². The third kappa shape index (κ3) is 4.18. The standard InChI is InChI=1S/C21H21FN2O4S/c22-17-7-5-16(6-8-17)15-29(26,27)20-13-24(19-4-2-1-3-18(19)20)14-21(25)23-9-11-28-12-10-23/h1-8,13H,9-12,14-15H2. The van der Waals surface area contributed by atoms with Crippen LogP contribution in [0.15, 0.2) is 59.6 Å². The molecular weight excluding hydrogens is 395 g/mol. The van der Waals surface area contributed by atoms with Gasteiger partial charge in [0.1, 0.15) is 12.4 Å². The van der Waals surface area contributed by atoms with Crippen molar-refractivity contribution in [1.82, 2.24) is 9.47 Å². The largest absolute Gasteiger partial charge is 0.378 e. The molecule has 0 N–H and O–H groups in total. The third-order valence-electron chi connectivity index (χ3n) is 5.03. The van der Waals surface area contributed by atoms with Gasteiger partial charge < -0.3 is 14.2 Å². The number of amides is 1. The van der Waals surface area contributed by atoms with E-state index in [1.165, 1.54) is 30.5 Å². The van der Waals surface area contributed by atoms with Crippen LogP contribution in [0.4, 0.5) is 4.39 Å². The Balaban J connectivity index is 1.66. The molecule has 0 saturated carbocycles. The zero-order valence-electron chi connectivity index (χ0n) is 15.8. The van der Waals surface area contributed by atoms with Crippen LogP contribution in [0, 0.1) is 5.82 Å². The van der Waals surface area contributed by atoms with Crippen LogP contribution < -0.4 is 0 Å². The summed E-state index contributed by atoms with van der Waals surface area (Å²) < 4.78 is 46.3. The number of halogens is 1. The molecule has 1 fully saturated rings. The highest BCUT2D eigenvalue weighted by Gasteiger charge is 2.24. The third-order valence-corrected chi connectivity index (χ3v) is 6.74. The van der Waals surface area contributed by atoms with E-state index >= 15 is 0 Å². The molecule has 1 aromatic heterocycles. The van der Waals surface area contributed by atoms with Crippen molar-refractivity contribution in [3.63, 3.8) is 0 Å². The number of carbonyl (C=O) groups is 1. The van der Waals surface area contributed by atoms with E-state index in [-0.39, 0.29) is 23.1 Å². The van der Waals surface area contributed by atoms with Gasteiger partial charge in [0.25, 0.3) is 0 Å². The van der Waals surface area contributed by atoms with E-state index in [9.17, 15) is 17.6 Å². The Morgan fingerprint density at radius 3 is 2.45 bits per heavy atom. The summed E-state index contributed by atoms with van der Waals surface area (Å²) in [5.41, 5.74) is 1.19. The van der Waals surface area contributed by atoms with Gasteiger partial charge >= 0.3 is 0 Å². The van der Waals surface area contributed by atoms with Gasteiger partial charge in [0.2, 0.25) is 5.91 Å². The molecular formula is C21H21FN2O4S. The number of ether oxygens (including phenoxy) is 1. The van der Waals surface area contributed by atoms with Crippen molar-refractivity contribution in [1.29, 1.82) is 0 Å².